The first-order valence-electron chi connectivity index (χ1n) is 10.2. The van der Waals surface area contributed by atoms with Crippen LogP contribution in [0.5, 0.6) is 0 Å². The fourth-order valence-corrected chi connectivity index (χ4v) is 4.06. The van der Waals surface area contributed by atoms with Crippen molar-refractivity contribution in [2.24, 2.45) is 0 Å². The lowest BCUT2D eigenvalue weighted by Crippen LogP contribution is -2.46. The highest BCUT2D eigenvalue weighted by Gasteiger charge is 2.33. The summed E-state index contributed by atoms with van der Waals surface area (Å²) in [6, 6.07) is 16.4. The highest BCUT2D eigenvalue weighted by Crippen LogP contribution is 2.37. The molecule has 0 aliphatic carbocycles. The molecule has 0 radical (unpaired) electrons. The zero-order valence-corrected chi connectivity index (χ0v) is 18.6. The van der Waals surface area contributed by atoms with Crippen LogP contribution < -0.4 is 5.32 Å². The van der Waals surface area contributed by atoms with Gasteiger partial charge in [-0.1, -0.05) is 71.7 Å². The number of aryl methyl sites for hydroxylation is 2. The summed E-state index contributed by atoms with van der Waals surface area (Å²) >= 11 is 5.68. The van der Waals surface area contributed by atoms with Crippen LogP contribution in [0.2, 0.25) is 0 Å². The quantitative estimate of drug-likeness (QED) is 0.558. The molecule has 0 fully saturated rings. The number of nitrogens with zero attached hydrogens (tertiary/aromatic N) is 3. The van der Waals surface area contributed by atoms with Gasteiger partial charge in [0.05, 0.1) is 11.6 Å². The summed E-state index contributed by atoms with van der Waals surface area (Å²) in [6.45, 7) is 9.20. The molecule has 2 heterocycles. The van der Waals surface area contributed by atoms with Gasteiger partial charge in [0.15, 0.2) is 5.11 Å². The van der Waals surface area contributed by atoms with Gasteiger partial charge in [-0.2, -0.15) is 4.98 Å². The second kappa shape index (κ2) is 8.40. The molecule has 5 nitrogen and oxygen atoms in total. The summed E-state index contributed by atoms with van der Waals surface area (Å²) in [5, 5.41) is 8.48. The van der Waals surface area contributed by atoms with Crippen LogP contribution in [0.15, 0.2) is 58.8 Å². The maximum Gasteiger partial charge on any atom is 0.258 e. The first-order chi connectivity index (χ1) is 14.5. The molecule has 1 aromatic heterocycles. The summed E-state index contributed by atoms with van der Waals surface area (Å²) in [5.74, 6) is 1.10. The van der Waals surface area contributed by atoms with Crippen LogP contribution in [0, 0.1) is 13.8 Å². The van der Waals surface area contributed by atoms with Crippen molar-refractivity contribution in [3.63, 3.8) is 0 Å². The van der Waals surface area contributed by atoms with Gasteiger partial charge >= 0.3 is 0 Å². The van der Waals surface area contributed by atoms with Crippen LogP contribution in [0.4, 0.5) is 0 Å². The second-order valence-electron chi connectivity index (χ2n) is 7.73. The summed E-state index contributed by atoms with van der Waals surface area (Å²) in [4.78, 5) is 6.87. The molecular formula is C24H26N4OS. The van der Waals surface area contributed by atoms with Crippen molar-refractivity contribution in [3.05, 3.63) is 76.8 Å². The summed E-state index contributed by atoms with van der Waals surface area (Å²) in [5.41, 5.74) is 6.47. The lowest BCUT2D eigenvalue weighted by molar-refractivity contribution is 0.396. The Kier molecular flexibility index (Phi) is 5.68. The standard InChI is InChI=1S/C24H26N4OS/c1-5-14-28-17(4)20(21(25-24(28)30)18-10-6-15(2)7-11-18)23-26-22(27-29-23)19-12-8-16(3)9-13-19/h6-13,21H,5,14H2,1-4H3,(H,25,30). The van der Waals surface area contributed by atoms with Gasteiger partial charge in [0.1, 0.15) is 0 Å². The predicted octanol–water partition coefficient (Wildman–Crippen LogP) is 5.43. The molecule has 0 saturated heterocycles. The van der Waals surface area contributed by atoms with Crippen molar-refractivity contribution in [1.29, 1.82) is 0 Å². The van der Waals surface area contributed by atoms with Gasteiger partial charge in [0.2, 0.25) is 5.82 Å². The molecule has 1 aliphatic rings. The minimum Gasteiger partial charge on any atom is -0.351 e. The molecule has 2 aromatic carbocycles. The highest BCUT2D eigenvalue weighted by molar-refractivity contribution is 7.80. The maximum atomic E-state index is 5.77. The third kappa shape index (κ3) is 3.87. The number of hydrogen-bond donors (Lipinski definition) is 1. The fourth-order valence-electron chi connectivity index (χ4n) is 3.71. The Hall–Kier alpha value is -2.99. The van der Waals surface area contributed by atoms with Gasteiger partial charge in [-0.05, 0) is 45.0 Å². The van der Waals surface area contributed by atoms with E-state index in [0.717, 1.165) is 40.5 Å². The average molecular weight is 419 g/mol. The first kappa shape index (κ1) is 20.3. The summed E-state index contributed by atoms with van der Waals surface area (Å²) in [7, 11) is 0. The van der Waals surface area contributed by atoms with Crippen LogP contribution in [0.25, 0.3) is 17.0 Å². The molecule has 0 amide bonds. The Morgan fingerprint density at radius 1 is 1.00 bits per heavy atom. The van der Waals surface area contributed by atoms with Crippen LogP contribution in [0.1, 0.15) is 48.9 Å². The Morgan fingerprint density at radius 3 is 2.27 bits per heavy atom. The average Bonchev–Trinajstić information content (AvgIpc) is 3.21. The topological polar surface area (TPSA) is 54.2 Å². The van der Waals surface area contributed by atoms with E-state index in [1.165, 1.54) is 11.1 Å². The normalized spacial score (nSPS) is 16.7. The number of rotatable bonds is 5. The van der Waals surface area contributed by atoms with Crippen molar-refractivity contribution < 1.29 is 4.52 Å². The molecule has 4 rings (SSSR count). The first-order valence-corrected chi connectivity index (χ1v) is 10.6. The number of aromatic nitrogens is 2. The molecule has 1 aliphatic heterocycles. The van der Waals surface area contributed by atoms with Crippen LogP contribution in [0.3, 0.4) is 0 Å². The van der Waals surface area contributed by atoms with Gasteiger partial charge in [0, 0.05) is 17.8 Å². The van der Waals surface area contributed by atoms with E-state index in [1.54, 1.807) is 0 Å². The molecule has 0 saturated carbocycles. The summed E-state index contributed by atoms with van der Waals surface area (Å²) < 4.78 is 5.77. The number of benzene rings is 2. The number of allylic oxidation sites excluding steroid dienone is 1. The molecule has 6 heteroatoms. The van der Waals surface area contributed by atoms with Gasteiger partial charge < -0.3 is 14.7 Å². The van der Waals surface area contributed by atoms with Crippen molar-refractivity contribution >= 4 is 22.9 Å². The maximum absolute atomic E-state index is 5.77. The molecule has 1 N–H and O–H groups in total. The Balaban J connectivity index is 1.80. The number of thiocarbonyl (C=S) groups is 1. The Morgan fingerprint density at radius 2 is 1.63 bits per heavy atom. The molecule has 1 atom stereocenters. The van der Waals surface area contributed by atoms with Crippen LogP contribution in [-0.4, -0.2) is 26.7 Å². The van der Waals surface area contributed by atoms with Crippen molar-refractivity contribution in [2.45, 2.75) is 40.2 Å². The number of nitrogens with one attached hydrogen (secondary N) is 1. The smallest absolute Gasteiger partial charge is 0.258 e. The largest absolute Gasteiger partial charge is 0.351 e. The van der Waals surface area contributed by atoms with Crippen molar-refractivity contribution in [1.82, 2.24) is 20.4 Å². The van der Waals surface area contributed by atoms with E-state index < -0.39 is 0 Å². The van der Waals surface area contributed by atoms with E-state index in [1.807, 2.05) is 12.1 Å². The second-order valence-corrected chi connectivity index (χ2v) is 8.12. The van der Waals surface area contributed by atoms with E-state index >= 15 is 0 Å². The van der Waals surface area contributed by atoms with Crippen LogP contribution in [-0.2, 0) is 0 Å². The van der Waals surface area contributed by atoms with Gasteiger partial charge in [0.25, 0.3) is 5.89 Å². The van der Waals surface area contributed by atoms with E-state index in [4.69, 9.17) is 21.7 Å². The van der Waals surface area contributed by atoms with E-state index in [-0.39, 0.29) is 6.04 Å². The molecule has 1 unspecified atom stereocenters. The molecule has 0 spiro atoms. The highest BCUT2D eigenvalue weighted by atomic mass is 32.1. The van der Waals surface area contributed by atoms with Gasteiger partial charge in [-0.3, -0.25) is 0 Å². The fraction of sp³-hybridized carbons (Fsp3) is 0.292. The zero-order valence-electron chi connectivity index (χ0n) is 17.8. The van der Waals surface area contributed by atoms with E-state index in [0.29, 0.717) is 11.7 Å². The monoisotopic (exact) mass is 418 g/mol. The van der Waals surface area contributed by atoms with Crippen molar-refractivity contribution in [2.75, 3.05) is 6.54 Å². The molecule has 0 bridgehead atoms. The van der Waals surface area contributed by atoms with E-state index in [2.05, 4.69) is 79.5 Å². The molecule has 30 heavy (non-hydrogen) atoms. The minimum atomic E-state index is -0.141. The van der Waals surface area contributed by atoms with Crippen molar-refractivity contribution in [3.8, 4) is 11.4 Å². The SMILES string of the molecule is CCCN1C(=S)NC(c2ccc(C)cc2)C(c2nc(-c3ccc(C)cc3)no2)=C1C. The van der Waals surface area contributed by atoms with Gasteiger partial charge in [-0.15, -0.1) is 0 Å². The molecular weight excluding hydrogens is 392 g/mol. The Labute approximate surface area is 182 Å². The minimum absolute atomic E-state index is 0.141. The lowest BCUT2D eigenvalue weighted by atomic mass is 9.94. The molecule has 154 valence electrons. The third-order valence-electron chi connectivity index (χ3n) is 5.42. The Bertz CT molecular complexity index is 1080. The predicted molar refractivity (Wildman–Crippen MR) is 124 cm³/mol. The lowest BCUT2D eigenvalue weighted by Gasteiger charge is -2.37. The van der Waals surface area contributed by atoms with Gasteiger partial charge in [-0.25, -0.2) is 0 Å². The van der Waals surface area contributed by atoms with Crippen LogP contribution >= 0.6 is 12.2 Å². The molecule has 3 aromatic rings. The zero-order chi connectivity index (χ0) is 21.3. The summed E-state index contributed by atoms with van der Waals surface area (Å²) in [6.07, 6.45) is 0.986. The third-order valence-corrected chi connectivity index (χ3v) is 5.76. The van der Waals surface area contributed by atoms with E-state index in [9.17, 15) is 0 Å². The number of hydrogen-bond acceptors (Lipinski definition) is 4.